The fourth-order valence-corrected chi connectivity index (χ4v) is 5.85. The second kappa shape index (κ2) is 13.2. The zero-order valence-electron chi connectivity index (χ0n) is 20.9. The van der Waals surface area contributed by atoms with Crippen molar-refractivity contribution in [1.29, 1.82) is 0 Å². The topological polar surface area (TPSA) is 122 Å². The third-order valence-corrected chi connectivity index (χ3v) is 7.89. The van der Waals surface area contributed by atoms with Gasteiger partial charge in [0.2, 0.25) is 5.91 Å². The summed E-state index contributed by atoms with van der Waals surface area (Å²) in [5.74, 6) is -1.74. The number of sulfone groups is 1. The Balaban J connectivity index is 3.11. The minimum absolute atomic E-state index is 0.0319. The summed E-state index contributed by atoms with van der Waals surface area (Å²) in [6.07, 6.45) is 1.43. The van der Waals surface area contributed by atoms with Gasteiger partial charge in [-0.1, -0.05) is 38.5 Å². The fraction of sp³-hybridized carbons (Fsp3) is 0.667. The van der Waals surface area contributed by atoms with Crippen LogP contribution >= 0.6 is 0 Å². The van der Waals surface area contributed by atoms with Crippen molar-refractivity contribution < 1.29 is 32.2 Å². The number of hydrogen-bond donors (Lipinski definition) is 3. The number of aryl methyl sites for hydroxylation is 1. The van der Waals surface area contributed by atoms with Crippen molar-refractivity contribution >= 4 is 21.7 Å². The molecule has 194 valence electrons. The summed E-state index contributed by atoms with van der Waals surface area (Å²) in [5.41, 5.74) is 3.88. The Morgan fingerprint density at radius 1 is 1.18 bits per heavy atom. The molecule has 0 aliphatic heterocycles. The fourth-order valence-electron chi connectivity index (χ4n) is 4.09. The molecule has 0 aromatic heterocycles. The van der Waals surface area contributed by atoms with Gasteiger partial charge in [-0.3, -0.25) is 15.0 Å². The molecule has 0 fully saturated rings. The van der Waals surface area contributed by atoms with E-state index in [1.54, 1.807) is 39.1 Å². The molecule has 0 bridgehead atoms. The molecule has 3 N–H and O–H groups in total. The molecule has 34 heavy (non-hydrogen) atoms. The lowest BCUT2D eigenvalue weighted by atomic mass is 9.75. The number of nitrogens with one attached hydrogen (secondary N) is 2. The third kappa shape index (κ3) is 8.96. The van der Waals surface area contributed by atoms with E-state index in [4.69, 9.17) is 9.84 Å². The number of carbonyl (C=O) groups is 2. The van der Waals surface area contributed by atoms with Crippen LogP contribution in [0.15, 0.2) is 18.2 Å². The van der Waals surface area contributed by atoms with E-state index in [1.165, 1.54) is 0 Å². The lowest BCUT2D eigenvalue weighted by Gasteiger charge is -2.32. The molecule has 0 saturated carbocycles. The summed E-state index contributed by atoms with van der Waals surface area (Å²) >= 11 is 0. The highest BCUT2D eigenvalue weighted by Gasteiger charge is 2.38. The quantitative estimate of drug-likeness (QED) is 0.249. The normalized spacial score (nSPS) is 13.9. The Hall–Kier alpha value is -2.04. The van der Waals surface area contributed by atoms with Crippen LogP contribution in [0.4, 0.5) is 4.39 Å². The van der Waals surface area contributed by atoms with Crippen molar-refractivity contribution in [3.8, 4) is 0 Å². The monoisotopic (exact) mass is 502 g/mol. The van der Waals surface area contributed by atoms with Crippen molar-refractivity contribution in [3.05, 3.63) is 35.1 Å². The van der Waals surface area contributed by atoms with Crippen LogP contribution in [0.5, 0.6) is 0 Å². The van der Waals surface area contributed by atoms with E-state index >= 15 is 4.39 Å². The Morgan fingerprint density at radius 2 is 1.85 bits per heavy atom. The Labute approximate surface area is 202 Å². The first-order valence-electron chi connectivity index (χ1n) is 11.5. The van der Waals surface area contributed by atoms with Gasteiger partial charge in [-0.05, 0) is 44.1 Å². The number of carbonyl (C=O) groups excluding carboxylic acids is 2. The van der Waals surface area contributed by atoms with Crippen LogP contribution < -0.4 is 10.9 Å². The van der Waals surface area contributed by atoms with Gasteiger partial charge in [0.1, 0.15) is 5.82 Å². The highest BCUT2D eigenvalue weighted by molar-refractivity contribution is 7.91. The van der Waals surface area contributed by atoms with Gasteiger partial charge in [-0.25, -0.2) is 18.2 Å². The second-order valence-corrected chi connectivity index (χ2v) is 11.6. The Kier molecular flexibility index (Phi) is 11.6. The number of hydrogen-bond acceptors (Lipinski definition) is 7. The molecule has 1 atom stereocenters. The van der Waals surface area contributed by atoms with Crippen molar-refractivity contribution in [3.63, 3.8) is 0 Å². The SMILES string of the molecule is CCOC(=O)CCc1cccc([C@@](C)(CCCC(C)(C)CS(=O)(=O)CCO)C(=O)NNC)c1F. The highest BCUT2D eigenvalue weighted by atomic mass is 32.2. The maximum Gasteiger partial charge on any atom is 0.306 e. The number of aliphatic hydroxyl groups excluding tert-OH is 1. The zero-order valence-corrected chi connectivity index (χ0v) is 21.7. The maximum absolute atomic E-state index is 15.5. The average molecular weight is 503 g/mol. The summed E-state index contributed by atoms with van der Waals surface area (Å²) in [6.45, 7) is 6.83. The zero-order chi connectivity index (χ0) is 26.0. The molecule has 0 spiro atoms. The van der Waals surface area contributed by atoms with Gasteiger partial charge in [-0.15, -0.1) is 0 Å². The van der Waals surface area contributed by atoms with E-state index in [9.17, 15) is 18.0 Å². The molecule has 0 heterocycles. The molecule has 10 heteroatoms. The third-order valence-electron chi connectivity index (χ3n) is 5.86. The largest absolute Gasteiger partial charge is 0.466 e. The van der Waals surface area contributed by atoms with E-state index in [0.29, 0.717) is 18.4 Å². The van der Waals surface area contributed by atoms with E-state index in [0.717, 1.165) is 0 Å². The van der Waals surface area contributed by atoms with Crippen LogP contribution in [0, 0.1) is 11.2 Å². The number of halogens is 1. The summed E-state index contributed by atoms with van der Waals surface area (Å²) in [4.78, 5) is 24.7. The van der Waals surface area contributed by atoms with Gasteiger partial charge >= 0.3 is 5.97 Å². The van der Waals surface area contributed by atoms with Crippen molar-refractivity contribution in [2.45, 2.75) is 65.2 Å². The summed E-state index contributed by atoms with van der Waals surface area (Å²) in [6, 6.07) is 4.81. The molecular weight excluding hydrogens is 463 g/mol. The molecule has 0 aliphatic rings. The molecule has 1 aromatic rings. The average Bonchev–Trinajstić information content (AvgIpc) is 2.72. The lowest BCUT2D eigenvalue weighted by Crippen LogP contribution is -2.47. The van der Waals surface area contributed by atoms with Gasteiger partial charge in [0, 0.05) is 19.0 Å². The number of ether oxygens (including phenoxy) is 1. The van der Waals surface area contributed by atoms with Gasteiger partial charge in [0.05, 0.1) is 30.1 Å². The van der Waals surface area contributed by atoms with E-state index in [-0.39, 0.29) is 42.9 Å². The number of rotatable bonds is 15. The standard InChI is InChI=1S/C24H39FN2O6S/c1-6-33-20(29)12-11-18-9-7-10-19(21(18)25)24(4,22(30)27-26-5)14-8-13-23(2,3)17-34(31,32)16-15-28/h7,9-10,26,28H,6,8,11-17H2,1-5H3,(H,27,30)/t24-/m1/s1. The van der Waals surface area contributed by atoms with Crippen molar-refractivity contribution in [2.75, 3.05) is 31.8 Å². The molecule has 0 radical (unpaired) electrons. The summed E-state index contributed by atoms with van der Waals surface area (Å²) in [5, 5.41) is 8.97. The van der Waals surface area contributed by atoms with E-state index in [1.807, 2.05) is 13.8 Å². The van der Waals surface area contributed by atoms with Crippen LogP contribution in [0.3, 0.4) is 0 Å². The van der Waals surface area contributed by atoms with E-state index in [2.05, 4.69) is 10.9 Å². The van der Waals surface area contributed by atoms with Crippen LogP contribution in [0.1, 0.15) is 64.5 Å². The number of esters is 1. The van der Waals surface area contributed by atoms with Crippen LogP contribution in [0.25, 0.3) is 0 Å². The number of aliphatic hydroxyl groups is 1. The summed E-state index contributed by atoms with van der Waals surface area (Å²) < 4.78 is 44.7. The Morgan fingerprint density at radius 3 is 2.44 bits per heavy atom. The first-order chi connectivity index (χ1) is 15.8. The highest BCUT2D eigenvalue weighted by Crippen LogP contribution is 2.36. The molecule has 1 amide bonds. The van der Waals surface area contributed by atoms with Crippen molar-refractivity contribution in [1.82, 2.24) is 10.9 Å². The molecular formula is C24H39FN2O6S. The molecule has 0 saturated heterocycles. The molecule has 0 aliphatic carbocycles. The Bertz CT molecular complexity index is 935. The first kappa shape index (κ1) is 30.0. The molecule has 1 aromatic carbocycles. The predicted octanol–water partition coefficient (Wildman–Crippen LogP) is 2.43. The number of benzene rings is 1. The maximum atomic E-state index is 15.5. The smallest absolute Gasteiger partial charge is 0.306 e. The molecule has 0 unspecified atom stereocenters. The lowest BCUT2D eigenvalue weighted by molar-refractivity contribution is -0.143. The first-order valence-corrected chi connectivity index (χ1v) is 13.4. The van der Waals surface area contributed by atoms with Gasteiger partial charge in [-0.2, -0.15) is 0 Å². The molecule has 1 rings (SSSR count). The molecule has 8 nitrogen and oxygen atoms in total. The minimum Gasteiger partial charge on any atom is -0.466 e. The van der Waals surface area contributed by atoms with Gasteiger partial charge in [0.15, 0.2) is 9.84 Å². The van der Waals surface area contributed by atoms with Crippen molar-refractivity contribution in [2.24, 2.45) is 5.41 Å². The number of amides is 1. The van der Waals surface area contributed by atoms with E-state index < -0.39 is 45.0 Å². The summed E-state index contributed by atoms with van der Waals surface area (Å²) in [7, 11) is -1.86. The van der Waals surface area contributed by atoms with Crippen LogP contribution in [-0.4, -0.2) is 57.2 Å². The predicted molar refractivity (Wildman–Crippen MR) is 129 cm³/mol. The van der Waals surface area contributed by atoms with Gasteiger partial charge < -0.3 is 9.84 Å². The van der Waals surface area contributed by atoms with Crippen LogP contribution in [-0.2, 0) is 36.0 Å². The minimum atomic E-state index is -3.40. The van der Waals surface area contributed by atoms with Crippen LogP contribution in [0.2, 0.25) is 0 Å². The number of hydrazine groups is 1. The second-order valence-electron chi connectivity index (χ2n) is 9.45. The van der Waals surface area contributed by atoms with Gasteiger partial charge in [0.25, 0.3) is 0 Å².